The Morgan fingerprint density at radius 3 is 2.77 bits per heavy atom. The fourth-order valence-corrected chi connectivity index (χ4v) is 2.51. The zero-order valence-corrected chi connectivity index (χ0v) is 15.3. The van der Waals surface area contributed by atoms with Crippen LogP contribution in [0.15, 0.2) is 41.2 Å². The van der Waals surface area contributed by atoms with Crippen molar-refractivity contribution < 1.29 is 14.1 Å². The second kappa shape index (κ2) is 8.05. The normalized spacial score (nSPS) is 10.7. The summed E-state index contributed by atoms with van der Waals surface area (Å²) >= 11 is 5.81. The van der Waals surface area contributed by atoms with E-state index >= 15 is 0 Å². The minimum absolute atomic E-state index is 0.204. The third-order valence-corrected chi connectivity index (χ3v) is 4.03. The molecule has 0 saturated heterocycles. The van der Waals surface area contributed by atoms with E-state index < -0.39 is 0 Å². The van der Waals surface area contributed by atoms with Crippen LogP contribution in [0, 0.1) is 13.8 Å². The highest BCUT2D eigenvalue weighted by Gasteiger charge is 2.20. The summed E-state index contributed by atoms with van der Waals surface area (Å²) in [6.45, 7) is 4.86. The van der Waals surface area contributed by atoms with Gasteiger partial charge in [-0.1, -0.05) is 34.5 Å². The number of rotatable bonds is 7. The van der Waals surface area contributed by atoms with Gasteiger partial charge in [0.1, 0.15) is 18.1 Å². The molecule has 0 bridgehead atoms. The molecule has 0 aliphatic carbocycles. The number of aryl methyl sites for hydroxylation is 2. The number of amides is 1. The molecule has 0 aliphatic rings. The van der Waals surface area contributed by atoms with Crippen molar-refractivity contribution in [3.8, 4) is 5.75 Å². The Hall–Kier alpha value is -2.80. The van der Waals surface area contributed by atoms with Crippen LogP contribution >= 0.6 is 11.6 Å². The molecule has 1 N–H and O–H groups in total. The van der Waals surface area contributed by atoms with Gasteiger partial charge in [-0.05, 0) is 26.0 Å². The van der Waals surface area contributed by atoms with Crippen LogP contribution in [0.1, 0.15) is 27.4 Å². The standard InChI is InChI=1S/C18H19ClN4O3/c1-12-3-5-15(6-4-12)25-11-16-13(2)26-22-17(16)18(24)20-7-8-23-10-14(19)9-21-23/h3-6,9-10H,7-8,11H2,1-2H3,(H,20,24). The van der Waals surface area contributed by atoms with Crippen molar-refractivity contribution in [3.63, 3.8) is 0 Å². The molecule has 0 radical (unpaired) electrons. The Morgan fingerprint density at radius 1 is 1.31 bits per heavy atom. The molecule has 26 heavy (non-hydrogen) atoms. The van der Waals surface area contributed by atoms with Gasteiger partial charge >= 0.3 is 0 Å². The van der Waals surface area contributed by atoms with Crippen molar-refractivity contribution in [1.29, 1.82) is 0 Å². The lowest BCUT2D eigenvalue weighted by Crippen LogP contribution is -2.28. The Balaban J connectivity index is 1.59. The molecule has 1 aromatic carbocycles. The number of nitrogens with one attached hydrogen (secondary N) is 1. The fraction of sp³-hybridized carbons (Fsp3) is 0.278. The number of benzene rings is 1. The Bertz CT molecular complexity index is 886. The first-order valence-corrected chi connectivity index (χ1v) is 8.51. The topological polar surface area (TPSA) is 82.2 Å². The molecule has 3 aromatic rings. The van der Waals surface area contributed by atoms with Crippen LogP contribution in [0.2, 0.25) is 5.02 Å². The van der Waals surface area contributed by atoms with Gasteiger partial charge in [-0.15, -0.1) is 0 Å². The van der Waals surface area contributed by atoms with Crippen molar-refractivity contribution >= 4 is 17.5 Å². The summed E-state index contributed by atoms with van der Waals surface area (Å²) in [6, 6.07) is 7.69. The lowest BCUT2D eigenvalue weighted by molar-refractivity contribution is 0.0940. The summed E-state index contributed by atoms with van der Waals surface area (Å²) in [6.07, 6.45) is 3.24. The molecule has 0 atom stereocenters. The fourth-order valence-electron chi connectivity index (χ4n) is 2.36. The van der Waals surface area contributed by atoms with Crippen LogP contribution in [-0.2, 0) is 13.2 Å². The minimum Gasteiger partial charge on any atom is -0.489 e. The number of halogens is 1. The number of nitrogens with zero attached hydrogens (tertiary/aromatic N) is 3. The van der Waals surface area contributed by atoms with Crippen LogP contribution in [0.5, 0.6) is 5.75 Å². The summed E-state index contributed by atoms with van der Waals surface area (Å²) in [5, 5.41) is 11.3. The van der Waals surface area contributed by atoms with Crippen molar-refractivity contribution in [1.82, 2.24) is 20.3 Å². The molecule has 136 valence electrons. The molecule has 3 rings (SSSR count). The Morgan fingerprint density at radius 2 is 2.08 bits per heavy atom. The number of aromatic nitrogens is 3. The molecule has 0 unspecified atom stereocenters. The van der Waals surface area contributed by atoms with Crippen molar-refractivity contribution in [3.05, 3.63) is 64.3 Å². The van der Waals surface area contributed by atoms with Crippen molar-refractivity contribution in [2.45, 2.75) is 27.0 Å². The van der Waals surface area contributed by atoms with E-state index in [9.17, 15) is 4.79 Å². The molecule has 8 heteroatoms. The molecule has 1 amide bonds. The lowest BCUT2D eigenvalue weighted by atomic mass is 10.2. The Labute approximate surface area is 155 Å². The number of carbonyl (C=O) groups is 1. The average molecular weight is 375 g/mol. The van der Waals surface area contributed by atoms with Crippen LogP contribution in [0.3, 0.4) is 0 Å². The highest BCUT2D eigenvalue weighted by molar-refractivity contribution is 6.30. The van der Waals surface area contributed by atoms with Gasteiger partial charge < -0.3 is 14.6 Å². The molecule has 0 aliphatic heterocycles. The second-order valence-electron chi connectivity index (χ2n) is 5.85. The molecular weight excluding hydrogens is 356 g/mol. The molecule has 0 spiro atoms. The zero-order chi connectivity index (χ0) is 18.5. The zero-order valence-electron chi connectivity index (χ0n) is 14.5. The quantitative estimate of drug-likeness (QED) is 0.687. The first-order valence-electron chi connectivity index (χ1n) is 8.13. The highest BCUT2D eigenvalue weighted by Crippen LogP contribution is 2.18. The molecule has 2 aromatic heterocycles. The van der Waals surface area contributed by atoms with Gasteiger partial charge in [0.2, 0.25) is 0 Å². The first-order chi connectivity index (χ1) is 12.5. The number of carbonyl (C=O) groups excluding carboxylic acids is 1. The predicted molar refractivity (Wildman–Crippen MR) is 96.3 cm³/mol. The van der Waals surface area contributed by atoms with Crippen LogP contribution in [0.4, 0.5) is 0 Å². The molecule has 2 heterocycles. The summed E-state index contributed by atoms with van der Waals surface area (Å²) in [5.41, 5.74) is 2.01. The van der Waals surface area contributed by atoms with Gasteiger partial charge in [0.05, 0.1) is 23.3 Å². The predicted octanol–water partition coefficient (Wildman–Crippen LogP) is 3.15. The van der Waals surface area contributed by atoms with Gasteiger partial charge in [0.15, 0.2) is 5.69 Å². The van der Waals surface area contributed by atoms with E-state index in [0.717, 1.165) is 11.3 Å². The molecule has 0 saturated carbocycles. The average Bonchev–Trinajstić information content (AvgIpc) is 3.20. The molecular formula is C18H19ClN4O3. The largest absolute Gasteiger partial charge is 0.489 e. The van der Waals surface area contributed by atoms with Gasteiger partial charge in [-0.25, -0.2) is 0 Å². The number of hydrogen-bond donors (Lipinski definition) is 1. The lowest BCUT2D eigenvalue weighted by Gasteiger charge is -2.08. The summed E-state index contributed by atoms with van der Waals surface area (Å²) in [5.74, 6) is 0.960. The minimum atomic E-state index is -0.317. The van der Waals surface area contributed by atoms with Gasteiger partial charge in [-0.2, -0.15) is 5.10 Å². The van der Waals surface area contributed by atoms with Crippen molar-refractivity contribution in [2.75, 3.05) is 6.54 Å². The second-order valence-corrected chi connectivity index (χ2v) is 6.28. The number of ether oxygens (including phenoxy) is 1. The van der Waals surface area contributed by atoms with Crippen LogP contribution < -0.4 is 10.1 Å². The third kappa shape index (κ3) is 4.43. The van der Waals surface area contributed by atoms with Crippen LogP contribution in [-0.4, -0.2) is 27.4 Å². The summed E-state index contributed by atoms with van der Waals surface area (Å²) < 4.78 is 12.6. The Kier molecular flexibility index (Phi) is 5.58. The summed E-state index contributed by atoms with van der Waals surface area (Å²) in [4.78, 5) is 12.4. The third-order valence-electron chi connectivity index (χ3n) is 3.83. The first kappa shape index (κ1) is 18.0. The van der Waals surface area contributed by atoms with E-state index in [-0.39, 0.29) is 18.2 Å². The molecule has 0 fully saturated rings. The van der Waals surface area contributed by atoms with Gasteiger partial charge in [-0.3, -0.25) is 9.48 Å². The van der Waals surface area contributed by atoms with Crippen LogP contribution in [0.25, 0.3) is 0 Å². The van der Waals surface area contributed by atoms with E-state index in [2.05, 4.69) is 15.6 Å². The monoisotopic (exact) mass is 374 g/mol. The van der Waals surface area contributed by atoms with E-state index in [4.69, 9.17) is 20.9 Å². The van der Waals surface area contributed by atoms with E-state index in [1.54, 1.807) is 24.0 Å². The van der Waals surface area contributed by atoms with Crippen molar-refractivity contribution in [2.24, 2.45) is 0 Å². The van der Waals surface area contributed by atoms with E-state index in [0.29, 0.717) is 29.4 Å². The van der Waals surface area contributed by atoms with Gasteiger partial charge in [0.25, 0.3) is 5.91 Å². The molecule has 7 nitrogen and oxygen atoms in total. The van der Waals surface area contributed by atoms with E-state index in [1.807, 2.05) is 31.2 Å². The smallest absolute Gasteiger partial charge is 0.273 e. The maximum absolute atomic E-state index is 12.4. The van der Waals surface area contributed by atoms with Gasteiger partial charge in [0, 0.05) is 12.7 Å². The van der Waals surface area contributed by atoms with E-state index in [1.165, 1.54) is 0 Å². The highest BCUT2D eigenvalue weighted by atomic mass is 35.5. The SMILES string of the molecule is Cc1ccc(OCc2c(C(=O)NCCn3cc(Cl)cn3)noc2C)cc1. The maximum atomic E-state index is 12.4. The maximum Gasteiger partial charge on any atom is 0.273 e. The number of hydrogen-bond acceptors (Lipinski definition) is 5. The summed E-state index contributed by atoms with van der Waals surface area (Å²) in [7, 11) is 0.